The van der Waals surface area contributed by atoms with Gasteiger partial charge in [0.15, 0.2) is 11.5 Å². The molecule has 130 valence electrons. The molecule has 0 spiro atoms. The second-order valence-electron chi connectivity index (χ2n) is 6.72. The molecule has 1 aromatic rings. The van der Waals surface area contributed by atoms with Gasteiger partial charge in [-0.1, -0.05) is 6.07 Å². The summed E-state index contributed by atoms with van der Waals surface area (Å²) in [6.07, 6.45) is 4.21. The normalized spacial score (nSPS) is 23.1. The first-order chi connectivity index (χ1) is 11.8. The highest BCUT2D eigenvalue weighted by molar-refractivity contribution is 5.70. The molecule has 2 fully saturated rings. The van der Waals surface area contributed by atoms with E-state index < -0.39 is 0 Å². The van der Waals surface area contributed by atoms with Crippen molar-refractivity contribution in [1.29, 1.82) is 0 Å². The van der Waals surface area contributed by atoms with E-state index in [2.05, 4.69) is 11.0 Å². The molecule has 3 heterocycles. The zero-order valence-corrected chi connectivity index (χ0v) is 13.9. The number of carbonyl (C=O) groups excluding carboxylic acids is 1. The largest absolute Gasteiger partial charge is 0.454 e. The molecule has 1 unspecified atom stereocenters. The molecule has 3 aliphatic rings. The summed E-state index contributed by atoms with van der Waals surface area (Å²) in [5.41, 5.74) is 1.21. The number of fused-ring (bicyclic) bond motifs is 1. The number of hydrogen-bond donors (Lipinski definition) is 0. The van der Waals surface area contributed by atoms with Crippen LogP contribution in [0.5, 0.6) is 11.5 Å². The molecule has 2 saturated heterocycles. The lowest BCUT2D eigenvalue weighted by molar-refractivity contribution is 0.156. The van der Waals surface area contributed by atoms with Gasteiger partial charge in [-0.25, -0.2) is 4.79 Å². The highest BCUT2D eigenvalue weighted by atomic mass is 16.7. The van der Waals surface area contributed by atoms with Crippen molar-refractivity contribution in [3.8, 4) is 11.5 Å². The van der Waals surface area contributed by atoms with E-state index in [4.69, 9.17) is 14.2 Å². The van der Waals surface area contributed by atoms with Gasteiger partial charge in [0.25, 0.3) is 0 Å². The minimum Gasteiger partial charge on any atom is -0.454 e. The molecular weight excluding hydrogens is 308 g/mol. The van der Waals surface area contributed by atoms with Crippen LogP contribution in [-0.4, -0.2) is 61.5 Å². The minimum absolute atomic E-state index is 0.162. The topological polar surface area (TPSA) is 51.2 Å². The lowest BCUT2D eigenvalue weighted by atomic mass is 10.1. The zero-order chi connectivity index (χ0) is 16.4. The van der Waals surface area contributed by atoms with Gasteiger partial charge in [0.2, 0.25) is 6.79 Å². The first-order valence-corrected chi connectivity index (χ1v) is 8.84. The summed E-state index contributed by atoms with van der Waals surface area (Å²) in [4.78, 5) is 16.4. The summed E-state index contributed by atoms with van der Waals surface area (Å²) in [6.45, 7) is 4.81. The number of amides is 1. The maximum Gasteiger partial charge on any atom is 0.410 e. The lowest BCUT2D eigenvalue weighted by Crippen LogP contribution is -2.42. The molecule has 1 aromatic carbocycles. The number of cyclic esters (lactones) is 1. The highest BCUT2D eigenvalue weighted by Crippen LogP contribution is 2.32. The molecule has 0 N–H and O–H groups in total. The van der Waals surface area contributed by atoms with Crippen molar-refractivity contribution in [1.82, 2.24) is 9.80 Å². The maximum atomic E-state index is 12.0. The third kappa shape index (κ3) is 3.29. The van der Waals surface area contributed by atoms with Crippen LogP contribution in [0, 0.1) is 0 Å². The van der Waals surface area contributed by atoms with Gasteiger partial charge < -0.3 is 24.0 Å². The van der Waals surface area contributed by atoms with E-state index >= 15 is 0 Å². The Balaban J connectivity index is 1.29. The number of ether oxygens (including phenoxy) is 3. The van der Waals surface area contributed by atoms with Gasteiger partial charge in [0.05, 0.1) is 6.04 Å². The summed E-state index contributed by atoms with van der Waals surface area (Å²) in [5, 5.41) is 0. The number of carbonyl (C=O) groups is 1. The molecular formula is C18H24N2O4. The molecule has 0 bridgehead atoms. The van der Waals surface area contributed by atoms with Crippen molar-refractivity contribution in [3.05, 3.63) is 23.8 Å². The smallest absolute Gasteiger partial charge is 0.410 e. The molecule has 1 amide bonds. The Morgan fingerprint density at radius 3 is 2.79 bits per heavy atom. The fourth-order valence-electron chi connectivity index (χ4n) is 3.73. The predicted molar refractivity (Wildman–Crippen MR) is 88.4 cm³/mol. The summed E-state index contributed by atoms with van der Waals surface area (Å²) in [7, 11) is 0. The van der Waals surface area contributed by atoms with Gasteiger partial charge in [-0.2, -0.15) is 0 Å². The Kier molecular flexibility index (Phi) is 4.47. The SMILES string of the molecule is O=C1OCC(CN2CCCC2)N1CCCc1ccc2c(c1)OCO2. The fourth-order valence-corrected chi connectivity index (χ4v) is 3.73. The van der Waals surface area contributed by atoms with E-state index in [1.54, 1.807) is 0 Å². The molecule has 0 saturated carbocycles. The van der Waals surface area contributed by atoms with Crippen LogP contribution in [0.25, 0.3) is 0 Å². The average molecular weight is 332 g/mol. The third-order valence-corrected chi connectivity index (χ3v) is 5.04. The van der Waals surface area contributed by atoms with E-state index in [0.29, 0.717) is 13.4 Å². The number of benzene rings is 1. The average Bonchev–Trinajstić information content (AvgIpc) is 3.31. The second kappa shape index (κ2) is 6.89. The Morgan fingerprint density at radius 2 is 1.92 bits per heavy atom. The van der Waals surface area contributed by atoms with Gasteiger partial charge in [-0.05, 0) is 56.5 Å². The van der Waals surface area contributed by atoms with Gasteiger partial charge in [0.1, 0.15) is 6.61 Å². The Labute approximate surface area is 142 Å². The van der Waals surface area contributed by atoms with Crippen molar-refractivity contribution in [2.24, 2.45) is 0 Å². The first-order valence-electron chi connectivity index (χ1n) is 8.84. The Bertz CT molecular complexity index is 601. The predicted octanol–water partition coefficient (Wildman–Crippen LogP) is 2.26. The monoisotopic (exact) mass is 332 g/mol. The van der Waals surface area contributed by atoms with Crippen molar-refractivity contribution in [3.63, 3.8) is 0 Å². The summed E-state index contributed by atoms with van der Waals surface area (Å²) in [6, 6.07) is 6.26. The molecule has 0 aromatic heterocycles. The minimum atomic E-state index is -0.162. The number of hydrogen-bond acceptors (Lipinski definition) is 5. The molecule has 4 rings (SSSR count). The van der Waals surface area contributed by atoms with E-state index in [9.17, 15) is 4.79 Å². The Hall–Kier alpha value is -1.95. The standard InChI is InChI=1S/C18H24N2O4/c21-18-20(15(12-22-18)11-19-7-1-2-8-19)9-3-4-14-5-6-16-17(10-14)24-13-23-16/h5-6,10,15H,1-4,7-9,11-13H2. The number of nitrogens with zero attached hydrogens (tertiary/aromatic N) is 2. The maximum absolute atomic E-state index is 12.0. The van der Waals surface area contributed by atoms with Crippen LogP contribution in [-0.2, 0) is 11.2 Å². The van der Waals surface area contributed by atoms with E-state index in [1.807, 2.05) is 17.0 Å². The van der Waals surface area contributed by atoms with Crippen molar-refractivity contribution in [2.75, 3.05) is 39.6 Å². The van der Waals surface area contributed by atoms with Crippen LogP contribution in [0.1, 0.15) is 24.8 Å². The first kappa shape index (κ1) is 15.6. The molecule has 24 heavy (non-hydrogen) atoms. The van der Waals surface area contributed by atoms with Crippen molar-refractivity contribution >= 4 is 6.09 Å². The molecule has 6 heteroatoms. The van der Waals surface area contributed by atoms with Gasteiger partial charge in [-0.3, -0.25) is 0 Å². The molecule has 1 atom stereocenters. The van der Waals surface area contributed by atoms with Gasteiger partial charge >= 0.3 is 6.09 Å². The molecule has 3 aliphatic heterocycles. The molecule has 0 aliphatic carbocycles. The summed E-state index contributed by atoms with van der Waals surface area (Å²) >= 11 is 0. The van der Waals surface area contributed by atoms with E-state index in [1.165, 1.54) is 18.4 Å². The fraction of sp³-hybridized carbons (Fsp3) is 0.611. The van der Waals surface area contributed by atoms with Crippen molar-refractivity contribution < 1.29 is 19.0 Å². The van der Waals surface area contributed by atoms with Crippen LogP contribution in [0.4, 0.5) is 4.79 Å². The Morgan fingerprint density at radius 1 is 1.08 bits per heavy atom. The van der Waals surface area contributed by atoms with Crippen LogP contribution in [0.15, 0.2) is 18.2 Å². The zero-order valence-electron chi connectivity index (χ0n) is 13.9. The number of rotatable bonds is 6. The third-order valence-electron chi connectivity index (χ3n) is 5.04. The van der Waals surface area contributed by atoms with Crippen molar-refractivity contribution in [2.45, 2.75) is 31.7 Å². The number of likely N-dealkylation sites (tertiary alicyclic amines) is 1. The van der Waals surface area contributed by atoms with E-state index in [-0.39, 0.29) is 12.1 Å². The summed E-state index contributed by atoms with van der Waals surface area (Å²) < 4.78 is 16.0. The molecule has 0 radical (unpaired) electrons. The second-order valence-corrected chi connectivity index (χ2v) is 6.72. The van der Waals surface area contributed by atoms with Gasteiger partial charge in [-0.15, -0.1) is 0 Å². The van der Waals surface area contributed by atoms with Crippen LogP contribution < -0.4 is 9.47 Å². The molecule has 6 nitrogen and oxygen atoms in total. The van der Waals surface area contributed by atoms with E-state index in [0.717, 1.165) is 50.5 Å². The number of aryl methyl sites for hydroxylation is 1. The summed E-state index contributed by atoms with van der Waals surface area (Å²) in [5.74, 6) is 1.63. The quantitative estimate of drug-likeness (QED) is 0.800. The van der Waals surface area contributed by atoms with Gasteiger partial charge in [0, 0.05) is 13.1 Å². The highest BCUT2D eigenvalue weighted by Gasteiger charge is 2.34. The lowest BCUT2D eigenvalue weighted by Gasteiger charge is -2.25. The van der Waals surface area contributed by atoms with Crippen LogP contribution >= 0.6 is 0 Å². The van der Waals surface area contributed by atoms with Crippen LogP contribution in [0.2, 0.25) is 0 Å². The van der Waals surface area contributed by atoms with Crippen LogP contribution in [0.3, 0.4) is 0 Å².